The average Bonchev–Trinajstić information content (AvgIpc) is 2.12. The maximum absolute atomic E-state index is 11.4. The molecule has 76 valence electrons. The first-order chi connectivity index (χ1) is 6.08. The number of nitrogens with one attached hydrogen (secondary N) is 1. The molecular weight excluding hydrogens is 222 g/mol. The second-order valence-electron chi connectivity index (χ2n) is 2.54. The minimum absolute atomic E-state index is 0.0519. The summed E-state index contributed by atoms with van der Waals surface area (Å²) in [5, 5.41) is 2.71. The molecule has 0 heterocycles. The normalized spacial score (nSPS) is 14.8. The van der Waals surface area contributed by atoms with Gasteiger partial charge in [-0.2, -0.15) is 23.5 Å². The zero-order chi connectivity index (χ0) is 10.4. The molecule has 0 aromatic rings. The number of hydrogen-bond acceptors (Lipinski definition) is 4. The number of hydrogen-bond donors (Lipinski definition) is 1. The Hall–Kier alpha value is 0.260. The van der Waals surface area contributed by atoms with Crippen molar-refractivity contribution in [2.45, 2.75) is 17.4 Å². The van der Waals surface area contributed by atoms with Crippen LogP contribution >= 0.6 is 35.7 Å². The lowest BCUT2D eigenvalue weighted by Crippen LogP contribution is -2.39. The lowest BCUT2D eigenvalue weighted by Gasteiger charge is -2.21. The molecule has 0 aliphatic carbocycles. The number of amides is 1. The summed E-state index contributed by atoms with van der Waals surface area (Å²) in [6.07, 6.45) is 3.91. The van der Waals surface area contributed by atoms with E-state index in [1.165, 1.54) is 0 Å². The van der Waals surface area contributed by atoms with Gasteiger partial charge in [0.1, 0.15) is 0 Å². The van der Waals surface area contributed by atoms with Crippen LogP contribution in [0.5, 0.6) is 0 Å². The standard InChI is InChI=1S/C8H15NOS3/c1-5(11)6(12-3)7(13-4)8(10)9-2/h6-7H,1-4H3,(H,9,10). The molecule has 0 aromatic carbocycles. The van der Waals surface area contributed by atoms with E-state index in [4.69, 9.17) is 12.2 Å². The summed E-state index contributed by atoms with van der Waals surface area (Å²) in [6, 6.07) is 0. The molecule has 0 fully saturated rings. The van der Waals surface area contributed by atoms with Crippen molar-refractivity contribution in [3.8, 4) is 0 Å². The van der Waals surface area contributed by atoms with Gasteiger partial charge in [0.15, 0.2) is 0 Å². The van der Waals surface area contributed by atoms with Crippen molar-refractivity contribution < 1.29 is 4.79 Å². The predicted molar refractivity (Wildman–Crippen MR) is 66.9 cm³/mol. The van der Waals surface area contributed by atoms with Crippen molar-refractivity contribution in [1.29, 1.82) is 0 Å². The maximum atomic E-state index is 11.4. The number of thioether (sulfide) groups is 2. The summed E-state index contributed by atoms with van der Waals surface area (Å²) in [6.45, 7) is 1.89. The van der Waals surface area contributed by atoms with Crippen LogP contribution in [0.15, 0.2) is 0 Å². The van der Waals surface area contributed by atoms with Crippen LogP contribution in [0.2, 0.25) is 0 Å². The van der Waals surface area contributed by atoms with Gasteiger partial charge in [0.05, 0.1) is 10.5 Å². The van der Waals surface area contributed by atoms with Gasteiger partial charge in [-0.3, -0.25) is 4.79 Å². The zero-order valence-electron chi connectivity index (χ0n) is 8.29. The Morgan fingerprint density at radius 1 is 1.31 bits per heavy atom. The van der Waals surface area contributed by atoms with Gasteiger partial charge >= 0.3 is 0 Å². The van der Waals surface area contributed by atoms with Crippen LogP contribution < -0.4 is 5.32 Å². The fourth-order valence-electron chi connectivity index (χ4n) is 1.01. The second kappa shape index (κ2) is 6.68. The summed E-state index contributed by atoms with van der Waals surface area (Å²) in [4.78, 5) is 12.3. The first-order valence-electron chi connectivity index (χ1n) is 3.86. The molecule has 2 unspecified atom stereocenters. The van der Waals surface area contributed by atoms with Crippen LogP contribution in [0.4, 0.5) is 0 Å². The summed E-state index contributed by atoms with van der Waals surface area (Å²) in [5.74, 6) is 0.0519. The van der Waals surface area contributed by atoms with Crippen LogP contribution in [-0.2, 0) is 4.79 Å². The maximum Gasteiger partial charge on any atom is 0.234 e. The van der Waals surface area contributed by atoms with E-state index >= 15 is 0 Å². The van der Waals surface area contributed by atoms with Gasteiger partial charge in [-0.05, 0) is 19.4 Å². The van der Waals surface area contributed by atoms with Crippen molar-refractivity contribution in [3.63, 3.8) is 0 Å². The third kappa shape index (κ3) is 3.87. The fraction of sp³-hybridized carbons (Fsp3) is 0.750. The fourth-order valence-corrected chi connectivity index (χ4v) is 3.68. The monoisotopic (exact) mass is 237 g/mol. The van der Waals surface area contributed by atoms with E-state index in [9.17, 15) is 4.79 Å². The highest BCUT2D eigenvalue weighted by Crippen LogP contribution is 2.22. The topological polar surface area (TPSA) is 29.1 Å². The van der Waals surface area contributed by atoms with E-state index < -0.39 is 0 Å². The van der Waals surface area contributed by atoms with Gasteiger partial charge in [-0.15, -0.1) is 0 Å². The summed E-state index contributed by atoms with van der Waals surface area (Å²) in [5.41, 5.74) is 0. The highest BCUT2D eigenvalue weighted by molar-refractivity contribution is 8.04. The molecule has 0 saturated carbocycles. The Kier molecular flexibility index (Phi) is 6.81. The molecule has 5 heteroatoms. The van der Waals surface area contributed by atoms with Gasteiger partial charge in [0.2, 0.25) is 5.91 Å². The quantitative estimate of drug-likeness (QED) is 0.735. The minimum Gasteiger partial charge on any atom is -0.358 e. The van der Waals surface area contributed by atoms with E-state index in [2.05, 4.69) is 5.32 Å². The highest BCUT2D eigenvalue weighted by Gasteiger charge is 2.27. The largest absolute Gasteiger partial charge is 0.358 e. The Balaban J connectivity index is 4.52. The molecule has 0 aliphatic heterocycles. The molecular formula is C8H15NOS3. The number of carbonyl (C=O) groups is 1. The Labute approximate surface area is 93.6 Å². The molecule has 0 spiro atoms. The van der Waals surface area contributed by atoms with Crippen LogP contribution in [0.3, 0.4) is 0 Å². The number of carbonyl (C=O) groups excluding carboxylic acids is 1. The van der Waals surface area contributed by atoms with Crippen molar-refractivity contribution in [2.75, 3.05) is 19.6 Å². The average molecular weight is 237 g/mol. The lowest BCUT2D eigenvalue weighted by atomic mass is 10.2. The number of rotatable bonds is 5. The van der Waals surface area contributed by atoms with Crippen molar-refractivity contribution in [2.24, 2.45) is 0 Å². The van der Waals surface area contributed by atoms with Gasteiger partial charge in [-0.25, -0.2) is 0 Å². The molecule has 0 aromatic heterocycles. The van der Waals surface area contributed by atoms with E-state index in [0.717, 1.165) is 4.86 Å². The Bertz CT molecular complexity index is 196. The molecule has 13 heavy (non-hydrogen) atoms. The second-order valence-corrected chi connectivity index (χ2v) is 5.14. The predicted octanol–water partition coefficient (Wildman–Crippen LogP) is 1.59. The van der Waals surface area contributed by atoms with Crippen molar-refractivity contribution in [3.05, 3.63) is 0 Å². The third-order valence-electron chi connectivity index (χ3n) is 1.69. The molecule has 0 radical (unpaired) electrons. The Morgan fingerprint density at radius 3 is 2.00 bits per heavy atom. The SMILES string of the molecule is CNC(=O)C(SC)C(SC)C(C)=S. The van der Waals surface area contributed by atoms with E-state index in [0.29, 0.717) is 0 Å². The van der Waals surface area contributed by atoms with Gasteiger partial charge in [-0.1, -0.05) is 12.2 Å². The van der Waals surface area contributed by atoms with Crippen LogP contribution in [0.1, 0.15) is 6.92 Å². The number of thiocarbonyl (C=S) groups is 1. The third-order valence-corrected chi connectivity index (χ3v) is 4.39. The van der Waals surface area contributed by atoms with Crippen LogP contribution in [-0.4, -0.2) is 40.8 Å². The van der Waals surface area contributed by atoms with Gasteiger partial charge in [0.25, 0.3) is 0 Å². The molecule has 1 N–H and O–H groups in total. The van der Waals surface area contributed by atoms with E-state index in [-0.39, 0.29) is 16.4 Å². The molecule has 0 bridgehead atoms. The van der Waals surface area contributed by atoms with Gasteiger partial charge in [0, 0.05) is 11.9 Å². The molecule has 0 saturated heterocycles. The van der Waals surface area contributed by atoms with E-state index in [1.807, 2.05) is 19.4 Å². The smallest absolute Gasteiger partial charge is 0.234 e. The molecule has 0 rings (SSSR count). The van der Waals surface area contributed by atoms with Crippen molar-refractivity contribution in [1.82, 2.24) is 5.32 Å². The summed E-state index contributed by atoms with van der Waals surface area (Å²) < 4.78 is 0. The highest BCUT2D eigenvalue weighted by atomic mass is 32.2. The molecule has 2 nitrogen and oxygen atoms in total. The molecule has 0 aliphatic rings. The molecule has 1 amide bonds. The first-order valence-corrected chi connectivity index (χ1v) is 6.84. The summed E-state index contributed by atoms with van der Waals surface area (Å²) >= 11 is 8.29. The van der Waals surface area contributed by atoms with Crippen LogP contribution in [0.25, 0.3) is 0 Å². The molecule has 2 atom stereocenters. The lowest BCUT2D eigenvalue weighted by molar-refractivity contribution is -0.119. The Morgan fingerprint density at radius 2 is 1.77 bits per heavy atom. The van der Waals surface area contributed by atoms with Crippen LogP contribution in [0, 0.1) is 0 Å². The van der Waals surface area contributed by atoms with E-state index in [1.54, 1.807) is 30.6 Å². The zero-order valence-corrected chi connectivity index (χ0v) is 10.7. The minimum atomic E-state index is -0.0718. The van der Waals surface area contributed by atoms with Crippen molar-refractivity contribution >= 4 is 46.5 Å². The first kappa shape index (κ1) is 13.3. The summed E-state index contributed by atoms with van der Waals surface area (Å²) in [7, 11) is 1.65. The van der Waals surface area contributed by atoms with Gasteiger partial charge < -0.3 is 5.32 Å².